The zero-order valence-electron chi connectivity index (χ0n) is 26.8. The topological polar surface area (TPSA) is 108 Å². The van der Waals surface area contributed by atoms with Crippen molar-refractivity contribution in [2.45, 2.75) is 43.0 Å². The molecule has 0 amide bonds. The van der Waals surface area contributed by atoms with Crippen molar-refractivity contribution < 1.29 is 23.9 Å². The summed E-state index contributed by atoms with van der Waals surface area (Å²) >= 11 is 3.08. The fourth-order valence-corrected chi connectivity index (χ4v) is 7.84. The van der Waals surface area contributed by atoms with E-state index in [1.807, 2.05) is 31.1 Å². The number of nitrogens with zero attached hydrogens (tertiary/aromatic N) is 5. The smallest absolute Gasteiger partial charge is 0.355 e. The number of hydrogen-bond acceptors (Lipinski definition) is 10. The number of aromatic nitrogens is 3. The lowest BCUT2D eigenvalue weighted by Crippen LogP contribution is -3.05. The van der Waals surface area contributed by atoms with Crippen LogP contribution >= 0.6 is 23.1 Å². The Hall–Kier alpha value is -4.38. The van der Waals surface area contributed by atoms with E-state index in [-0.39, 0.29) is 23.5 Å². The van der Waals surface area contributed by atoms with Crippen LogP contribution in [0.25, 0.3) is 0 Å². The predicted molar refractivity (Wildman–Crippen MR) is 184 cm³/mol. The maximum atomic E-state index is 14.6. The Morgan fingerprint density at radius 1 is 1.23 bits per heavy atom. The first kappa shape index (κ1) is 32.6. The Balaban J connectivity index is 1.12. The second-order valence-corrected chi connectivity index (χ2v) is 14.0. The molecule has 0 radical (unpaired) electrons. The molecule has 6 rings (SSSR count). The Morgan fingerprint density at radius 2 is 2.06 bits per heavy atom. The molecule has 4 aromatic rings. The number of hydrogen-bond donors (Lipinski definition) is 3. The number of anilines is 4. The summed E-state index contributed by atoms with van der Waals surface area (Å²) in [6.07, 6.45) is 2.65. The SMILES string of the molecule is Cc1c(NC2Sc3ccccc3N2C)nnc2c1CCCN2c1nc(C(=O)O)c(CCCOc2ccc(C#CC[NH+](C)C)cc2F)s1. The first-order valence-electron chi connectivity index (χ1n) is 15.5. The third kappa shape index (κ3) is 7.15. The van der Waals surface area contributed by atoms with Crippen LogP contribution in [0.3, 0.4) is 0 Å². The molecule has 2 aliphatic rings. The van der Waals surface area contributed by atoms with Crippen molar-refractivity contribution in [3.63, 3.8) is 0 Å². The molecule has 4 heterocycles. The van der Waals surface area contributed by atoms with Gasteiger partial charge in [0.2, 0.25) is 0 Å². The molecule has 47 heavy (non-hydrogen) atoms. The molecule has 1 unspecified atom stereocenters. The number of ether oxygens (including phenoxy) is 1. The lowest BCUT2D eigenvalue weighted by molar-refractivity contribution is -0.850. The number of benzene rings is 2. The van der Waals surface area contributed by atoms with Crippen LogP contribution in [0.1, 0.15) is 44.9 Å². The quantitative estimate of drug-likeness (QED) is 0.163. The van der Waals surface area contributed by atoms with E-state index in [4.69, 9.17) is 4.74 Å². The fourth-order valence-electron chi connectivity index (χ4n) is 5.54. The minimum Gasteiger partial charge on any atom is -0.491 e. The average molecular weight is 675 g/mol. The number of halogens is 1. The summed E-state index contributed by atoms with van der Waals surface area (Å²) in [4.78, 5) is 23.9. The van der Waals surface area contributed by atoms with Crippen LogP contribution in [0.4, 0.5) is 26.8 Å². The zero-order valence-corrected chi connectivity index (χ0v) is 28.4. The number of para-hydroxylation sites is 1. The minimum absolute atomic E-state index is 0.00857. The monoisotopic (exact) mass is 674 g/mol. The molecule has 0 saturated heterocycles. The lowest BCUT2D eigenvalue weighted by atomic mass is 10.0. The predicted octanol–water partition coefficient (Wildman–Crippen LogP) is 4.61. The van der Waals surface area contributed by atoms with Gasteiger partial charge in [-0.1, -0.05) is 29.8 Å². The number of fused-ring (bicyclic) bond motifs is 2. The molecule has 10 nitrogen and oxygen atoms in total. The number of carboxylic acids is 1. The summed E-state index contributed by atoms with van der Waals surface area (Å²) in [6, 6.07) is 13.0. The van der Waals surface area contributed by atoms with Crippen LogP contribution in [-0.2, 0) is 12.8 Å². The van der Waals surface area contributed by atoms with Crippen molar-refractivity contribution in [2.75, 3.05) is 56.0 Å². The van der Waals surface area contributed by atoms with E-state index in [2.05, 4.69) is 63.3 Å². The number of thiazole rings is 1. The lowest BCUT2D eigenvalue weighted by Gasteiger charge is -2.30. The van der Waals surface area contributed by atoms with E-state index < -0.39 is 11.8 Å². The van der Waals surface area contributed by atoms with E-state index in [1.54, 1.807) is 23.9 Å². The molecule has 0 bridgehead atoms. The summed E-state index contributed by atoms with van der Waals surface area (Å²) < 4.78 is 20.3. The highest BCUT2D eigenvalue weighted by molar-refractivity contribution is 8.00. The number of aryl methyl sites for hydroxylation is 1. The average Bonchev–Trinajstić information content (AvgIpc) is 3.62. The summed E-state index contributed by atoms with van der Waals surface area (Å²) in [5.74, 6) is 6.02. The Labute approximate surface area is 282 Å². The molecule has 2 aliphatic heterocycles. The molecule has 3 N–H and O–H groups in total. The first-order valence-corrected chi connectivity index (χ1v) is 17.2. The van der Waals surface area contributed by atoms with Crippen LogP contribution in [0.5, 0.6) is 5.75 Å². The highest BCUT2D eigenvalue weighted by Gasteiger charge is 2.31. The van der Waals surface area contributed by atoms with Gasteiger partial charge in [0, 0.05) is 40.1 Å². The van der Waals surface area contributed by atoms with Gasteiger partial charge in [-0.05, 0) is 68.9 Å². The number of rotatable bonds is 10. The van der Waals surface area contributed by atoms with Gasteiger partial charge in [0.15, 0.2) is 39.5 Å². The van der Waals surface area contributed by atoms with Gasteiger partial charge in [-0.25, -0.2) is 14.2 Å². The van der Waals surface area contributed by atoms with Crippen LogP contribution in [0.2, 0.25) is 0 Å². The van der Waals surface area contributed by atoms with Gasteiger partial charge in [0.1, 0.15) is 6.54 Å². The van der Waals surface area contributed by atoms with E-state index in [1.165, 1.54) is 32.9 Å². The van der Waals surface area contributed by atoms with Crippen molar-refractivity contribution in [2.24, 2.45) is 0 Å². The van der Waals surface area contributed by atoms with Crippen molar-refractivity contribution in [3.8, 4) is 17.6 Å². The van der Waals surface area contributed by atoms with E-state index >= 15 is 0 Å². The third-order valence-electron chi connectivity index (χ3n) is 8.01. The number of carboxylic acid groups (broad SMARTS) is 1. The number of aromatic carboxylic acids is 1. The number of quaternary nitrogens is 1. The summed E-state index contributed by atoms with van der Waals surface area (Å²) in [7, 11) is 6.07. The van der Waals surface area contributed by atoms with Crippen LogP contribution in [-0.4, -0.2) is 72.6 Å². The number of thioether (sulfide) groups is 1. The number of carbonyl (C=O) groups is 1. The molecule has 0 spiro atoms. The Kier molecular flexibility index (Phi) is 9.81. The zero-order chi connectivity index (χ0) is 33.1. The van der Waals surface area contributed by atoms with Crippen LogP contribution < -0.4 is 24.8 Å². The van der Waals surface area contributed by atoms with Crippen molar-refractivity contribution in [3.05, 3.63) is 75.5 Å². The van der Waals surface area contributed by atoms with Crippen molar-refractivity contribution in [1.82, 2.24) is 15.2 Å². The standard InChI is InChI=1S/C34H36FN7O3S2/c1-21-23-11-8-18-42(31(23)39-38-30(21)37-33-41(4)25-12-5-6-13-27(25)46-33)34-36-29(32(43)44)28(47-34)14-9-19-45-26-16-15-22(20-24(26)35)10-7-17-40(2)3/h5-6,12-13,15-16,20,33H,8-9,11,14,17-19H2,1-4H3,(H,37,38)(H,43,44)/p+1. The molecular formula is C34H37FN7O3S2+. The molecule has 244 valence electrons. The molecule has 0 saturated carbocycles. The molecule has 0 fully saturated rings. The maximum absolute atomic E-state index is 14.6. The Morgan fingerprint density at radius 3 is 2.83 bits per heavy atom. The molecule has 2 aromatic heterocycles. The highest BCUT2D eigenvalue weighted by atomic mass is 32.2. The highest BCUT2D eigenvalue weighted by Crippen LogP contribution is 2.43. The summed E-state index contributed by atoms with van der Waals surface area (Å²) in [5, 5.41) is 23.3. The van der Waals surface area contributed by atoms with E-state index in [0.29, 0.717) is 47.3 Å². The third-order valence-corrected chi connectivity index (χ3v) is 10.4. The van der Waals surface area contributed by atoms with Gasteiger partial charge in [0.05, 0.1) is 26.4 Å². The summed E-state index contributed by atoms with van der Waals surface area (Å²) in [5.41, 5.74) is 3.89. The van der Waals surface area contributed by atoms with Gasteiger partial charge >= 0.3 is 5.97 Å². The van der Waals surface area contributed by atoms with Crippen LogP contribution in [0, 0.1) is 24.6 Å². The molecule has 0 aliphatic carbocycles. The summed E-state index contributed by atoms with van der Waals surface area (Å²) in [6.45, 7) is 3.61. The fraction of sp³-hybridized carbons (Fsp3) is 0.353. The van der Waals surface area contributed by atoms with E-state index in [9.17, 15) is 14.3 Å². The van der Waals surface area contributed by atoms with E-state index in [0.717, 1.165) is 29.8 Å². The normalized spacial score (nSPS) is 15.2. The van der Waals surface area contributed by atoms with Gasteiger partial charge in [0.25, 0.3) is 0 Å². The van der Waals surface area contributed by atoms with Gasteiger partial charge < -0.3 is 29.9 Å². The largest absolute Gasteiger partial charge is 0.491 e. The molecular weight excluding hydrogens is 638 g/mol. The first-order chi connectivity index (χ1) is 22.7. The molecule has 1 atom stereocenters. The molecule has 2 aromatic carbocycles. The molecule has 13 heteroatoms. The second kappa shape index (κ2) is 14.2. The maximum Gasteiger partial charge on any atom is 0.355 e. The van der Waals surface area contributed by atoms with Crippen molar-refractivity contribution in [1.29, 1.82) is 0 Å². The Bertz CT molecular complexity index is 1860. The minimum atomic E-state index is -1.08. The second-order valence-electron chi connectivity index (χ2n) is 11.8. The van der Waals surface area contributed by atoms with Gasteiger partial charge in [-0.2, -0.15) is 0 Å². The number of nitrogens with one attached hydrogen (secondary N) is 2. The van der Waals surface area contributed by atoms with Gasteiger partial charge in [-0.3, -0.25) is 0 Å². The van der Waals surface area contributed by atoms with Gasteiger partial charge in [-0.15, -0.1) is 21.5 Å². The van der Waals surface area contributed by atoms with Crippen LogP contribution in [0.15, 0.2) is 47.4 Å². The van der Waals surface area contributed by atoms with Crippen molar-refractivity contribution >= 4 is 51.5 Å².